The Morgan fingerprint density at radius 1 is 0.450 bits per heavy atom. The van der Waals surface area contributed by atoms with E-state index in [1.54, 1.807) is 12.1 Å². The molecule has 0 bridgehead atoms. The first kappa shape index (κ1) is 46.5. The molecule has 0 aliphatic carbocycles. The molecule has 8 aromatic carbocycles. The van der Waals surface area contributed by atoms with Gasteiger partial charge in [-0.2, -0.15) is 18.2 Å². The van der Waals surface area contributed by atoms with Gasteiger partial charge in [0, 0.05) is 0 Å². The van der Waals surface area contributed by atoms with Gasteiger partial charge in [0.1, 0.15) is 0 Å². The Bertz CT molecular complexity index is 2500. The van der Waals surface area contributed by atoms with Crippen molar-refractivity contribution in [1.82, 2.24) is 0 Å². The Kier molecular flexibility index (Phi) is 14.9. The van der Waals surface area contributed by atoms with Gasteiger partial charge in [-0.3, -0.25) is 0 Å². The number of fused-ring (bicyclic) bond motifs is 3. The van der Waals surface area contributed by atoms with Crippen molar-refractivity contribution in [2.24, 2.45) is 0 Å². The SMILES string of the molecule is CC(C)(C)c1cc2c(cc1-c1ccccc1)[cH-]c1cc(-c3ccccc3)c(C(C)(C)C)cc12.ClC(Cl)(Cl)c1cccc([C](=[Zr+2])c2cccc(C(Cl)(Cl)Cl)c2)c1.c1cc[cH-]c1. The van der Waals surface area contributed by atoms with Gasteiger partial charge in [-0.25, -0.2) is 12.1 Å². The zero-order valence-corrected chi connectivity index (χ0v) is 41.4. The second-order valence-electron chi connectivity index (χ2n) is 16.8. The molecule has 8 rings (SSSR count). The maximum atomic E-state index is 5.94. The number of hydrogen-bond acceptors (Lipinski definition) is 0. The first-order valence-electron chi connectivity index (χ1n) is 19.7. The van der Waals surface area contributed by atoms with E-state index in [0.717, 1.165) is 14.3 Å². The summed E-state index contributed by atoms with van der Waals surface area (Å²) in [6.45, 7) is 13.9. The van der Waals surface area contributed by atoms with Crippen LogP contribution in [0, 0.1) is 0 Å². The third-order valence-corrected chi connectivity index (χ3v) is 13.0. The van der Waals surface area contributed by atoms with Crippen molar-refractivity contribution in [3.8, 4) is 22.3 Å². The molecule has 0 saturated heterocycles. The van der Waals surface area contributed by atoms with Crippen molar-refractivity contribution in [2.75, 3.05) is 0 Å². The Morgan fingerprint density at radius 3 is 1.15 bits per heavy atom. The average molecular weight is 987 g/mol. The fourth-order valence-electron chi connectivity index (χ4n) is 7.25. The van der Waals surface area contributed by atoms with Crippen LogP contribution in [0.3, 0.4) is 0 Å². The zero-order valence-electron chi connectivity index (χ0n) is 34.4. The van der Waals surface area contributed by atoms with E-state index in [-0.39, 0.29) is 10.8 Å². The molecule has 7 heteroatoms. The Hall–Kier alpha value is -2.97. The third kappa shape index (κ3) is 11.5. The molecule has 0 nitrogen and oxygen atoms in total. The number of benzene rings is 6. The van der Waals surface area contributed by atoms with Crippen LogP contribution in [0.15, 0.2) is 170 Å². The minimum absolute atomic E-state index is 0.0554. The monoisotopic (exact) mass is 982 g/mol. The molecule has 60 heavy (non-hydrogen) atoms. The molecule has 0 fully saturated rings. The van der Waals surface area contributed by atoms with Crippen LogP contribution < -0.4 is 0 Å². The van der Waals surface area contributed by atoms with Gasteiger partial charge in [0.05, 0.1) is 0 Å². The van der Waals surface area contributed by atoms with Gasteiger partial charge in [-0.05, 0) is 44.2 Å². The van der Waals surface area contributed by atoms with E-state index >= 15 is 0 Å². The maximum absolute atomic E-state index is 5.94. The fourth-order valence-corrected chi connectivity index (χ4v) is 8.72. The summed E-state index contributed by atoms with van der Waals surface area (Å²) in [5.41, 5.74) is 11.4. The van der Waals surface area contributed by atoms with Crippen LogP contribution >= 0.6 is 69.6 Å². The van der Waals surface area contributed by atoms with Crippen molar-refractivity contribution in [3.05, 3.63) is 203 Å². The molecular formula is C53H46Cl6Zr. The Labute approximate surface area is 400 Å². The summed E-state index contributed by atoms with van der Waals surface area (Å²) < 4.78 is -1.82. The molecule has 304 valence electrons. The summed E-state index contributed by atoms with van der Waals surface area (Å²) in [5.74, 6) is 0. The first-order valence-corrected chi connectivity index (χ1v) is 23.1. The van der Waals surface area contributed by atoms with Crippen molar-refractivity contribution < 1.29 is 24.2 Å². The average Bonchev–Trinajstić information content (AvgIpc) is 3.91. The summed E-state index contributed by atoms with van der Waals surface area (Å²) in [6.07, 6.45) is 0. The van der Waals surface area contributed by atoms with Crippen LogP contribution in [0.1, 0.15) is 74.9 Å². The zero-order chi connectivity index (χ0) is 43.5. The topological polar surface area (TPSA) is 0 Å². The molecule has 0 heterocycles. The number of rotatable bonds is 4. The fraction of sp³-hybridized carbons (Fsp3) is 0.189. The van der Waals surface area contributed by atoms with Crippen molar-refractivity contribution in [3.63, 3.8) is 0 Å². The van der Waals surface area contributed by atoms with Crippen LogP contribution in [-0.4, -0.2) is 3.21 Å². The molecule has 0 spiro atoms. The van der Waals surface area contributed by atoms with E-state index in [4.69, 9.17) is 69.6 Å². The quantitative estimate of drug-likeness (QED) is 0.122. The minimum Gasteiger partial charge on any atom is -0.214 e. The van der Waals surface area contributed by atoms with Crippen LogP contribution in [-0.2, 0) is 42.7 Å². The van der Waals surface area contributed by atoms with Gasteiger partial charge in [-0.15, -0.1) is 39.7 Å². The molecule has 0 aliphatic heterocycles. The molecule has 0 N–H and O–H groups in total. The number of alkyl halides is 6. The maximum Gasteiger partial charge on any atom is -0.172 e. The predicted molar refractivity (Wildman–Crippen MR) is 262 cm³/mol. The molecule has 0 aliphatic rings. The molecule has 0 saturated carbocycles. The van der Waals surface area contributed by atoms with E-state index in [9.17, 15) is 0 Å². The van der Waals surface area contributed by atoms with Gasteiger partial charge in [-0.1, -0.05) is 114 Å². The van der Waals surface area contributed by atoms with Crippen molar-refractivity contribution >= 4 is 94.4 Å². The van der Waals surface area contributed by atoms with Crippen molar-refractivity contribution in [2.45, 2.75) is 60.0 Å². The summed E-state index contributed by atoms with van der Waals surface area (Å²) >= 11 is 36.9. The van der Waals surface area contributed by atoms with E-state index in [2.05, 4.69) is 133 Å². The Balaban J connectivity index is 0.000000192. The summed E-state index contributed by atoms with van der Waals surface area (Å²) in [4.78, 5) is 0. The van der Waals surface area contributed by atoms with Gasteiger partial charge in [0.15, 0.2) is 0 Å². The normalized spacial score (nSPS) is 12.1. The number of hydrogen-bond donors (Lipinski definition) is 0. The second-order valence-corrected chi connectivity index (χ2v) is 22.6. The molecule has 0 unspecified atom stereocenters. The summed E-state index contributed by atoms with van der Waals surface area (Å²) in [6, 6.07) is 58.6. The van der Waals surface area contributed by atoms with Crippen LogP contribution in [0.25, 0.3) is 43.8 Å². The van der Waals surface area contributed by atoms with E-state index in [0.29, 0.717) is 11.1 Å². The van der Waals surface area contributed by atoms with Crippen molar-refractivity contribution in [1.29, 1.82) is 0 Å². The van der Waals surface area contributed by atoms with Crippen LogP contribution in [0.5, 0.6) is 0 Å². The van der Waals surface area contributed by atoms with Gasteiger partial charge in [0.2, 0.25) is 0 Å². The van der Waals surface area contributed by atoms with Crippen LogP contribution in [0.2, 0.25) is 0 Å². The van der Waals surface area contributed by atoms with Gasteiger partial charge in [0.25, 0.3) is 0 Å². The van der Waals surface area contributed by atoms with Crippen LogP contribution in [0.4, 0.5) is 0 Å². The standard InChI is InChI=1S/C33H33.C15H8Cl6.C5H5.Zr/c1-32(2,3)30-20-26-24(18-28(30)22-13-9-7-10-14-22)17-25-19-29(23-15-11-8-12-16-23)31(21-27(25)26)33(4,5)6;16-14(17,18)12-5-1-3-10(8-12)7-11-4-2-6-13(9-11)15(19,20)21;1-2-4-5-3-1;/h7-21H,1-6H3;1-6,8-9H;1-5H;/q-1;;-1;+2. The molecule has 0 radical (unpaired) electrons. The molecule has 0 aromatic heterocycles. The molecule has 8 aromatic rings. The van der Waals surface area contributed by atoms with E-state index < -0.39 is 7.59 Å². The van der Waals surface area contributed by atoms with E-state index in [1.807, 2.05) is 66.7 Å². The first-order chi connectivity index (χ1) is 28.2. The minimum atomic E-state index is -1.45. The smallest absolute Gasteiger partial charge is 0.172 e. The van der Waals surface area contributed by atoms with Gasteiger partial charge < -0.3 is 0 Å². The summed E-state index contributed by atoms with van der Waals surface area (Å²) in [7, 11) is 0. The second kappa shape index (κ2) is 19.2. The Morgan fingerprint density at radius 2 is 0.833 bits per heavy atom. The largest absolute Gasteiger partial charge is 0.214 e. The van der Waals surface area contributed by atoms with E-state index in [1.165, 1.54) is 79.2 Å². The molecular weight excluding hydrogens is 941 g/mol. The summed E-state index contributed by atoms with van der Waals surface area (Å²) in [5, 5.41) is 5.36. The van der Waals surface area contributed by atoms with Gasteiger partial charge >= 0.3 is 175 Å². The third-order valence-electron chi connectivity index (χ3n) is 10.3. The molecule has 0 amide bonds. The molecule has 0 atom stereocenters. The predicted octanol–water partition coefficient (Wildman–Crippen LogP) is 17.5. The number of halogens is 6.